The van der Waals surface area contributed by atoms with Gasteiger partial charge in [0.1, 0.15) is 0 Å². The van der Waals surface area contributed by atoms with Gasteiger partial charge in [0.15, 0.2) is 6.04 Å². The largest absolute Gasteiger partial charge is 0.480 e. The highest BCUT2D eigenvalue weighted by Gasteiger charge is 2.30. The molecule has 0 amide bonds. The van der Waals surface area contributed by atoms with E-state index in [0.717, 1.165) is 5.56 Å². The van der Waals surface area contributed by atoms with Crippen molar-refractivity contribution >= 4 is 36.0 Å². The molecule has 1 N–H and O–H groups in total. The molecule has 0 saturated heterocycles. The third-order valence-corrected chi connectivity index (χ3v) is 7.14. The van der Waals surface area contributed by atoms with Crippen molar-refractivity contribution < 1.29 is 9.90 Å². The lowest BCUT2D eigenvalue weighted by Crippen LogP contribution is -2.33. The summed E-state index contributed by atoms with van der Waals surface area (Å²) in [6.07, 6.45) is 1.74. The van der Waals surface area contributed by atoms with Crippen molar-refractivity contribution in [3.8, 4) is 0 Å². The fraction of sp³-hybridized carbons (Fsp3) is 0.200. The average Bonchev–Trinajstić information content (AvgIpc) is 2.70. The third kappa shape index (κ3) is 5.19. The summed E-state index contributed by atoms with van der Waals surface area (Å²) in [6.45, 7) is 5.70. The van der Waals surface area contributed by atoms with Crippen molar-refractivity contribution in [2.24, 2.45) is 10.4 Å². The topological polar surface area (TPSA) is 49.7 Å². The summed E-state index contributed by atoms with van der Waals surface area (Å²) >= 11 is 0. The Balaban J connectivity index is 2.10. The number of carbonyl (C=O) groups is 1. The SMILES string of the molecule is CC(C)(C)[C@H](N=Cc1ccccc1P(c1ccccc1)c1ccccc1)C(=O)O. The Kier molecular flexibility index (Phi) is 6.61. The number of rotatable bonds is 6. The molecule has 0 radical (unpaired) electrons. The van der Waals surface area contributed by atoms with Crippen LogP contribution in [0.4, 0.5) is 0 Å². The highest BCUT2D eigenvalue weighted by atomic mass is 31.1. The molecule has 0 aromatic heterocycles. The number of aliphatic carboxylic acids is 1. The van der Waals surface area contributed by atoms with Gasteiger partial charge in [0.05, 0.1) is 0 Å². The predicted octanol–water partition coefficient (Wildman–Crippen LogP) is 4.36. The Morgan fingerprint density at radius 3 is 1.83 bits per heavy atom. The molecule has 0 unspecified atom stereocenters. The molecular formula is C25H26NO2P. The number of hydrogen-bond donors (Lipinski definition) is 1. The summed E-state index contributed by atoms with van der Waals surface area (Å²) in [5.74, 6) is -0.903. The number of aliphatic imine (C=N–C) groups is 1. The summed E-state index contributed by atoms with van der Waals surface area (Å²) in [6, 6.07) is 28.3. The first kappa shape index (κ1) is 21.0. The molecular weight excluding hydrogens is 377 g/mol. The maximum absolute atomic E-state index is 11.7. The molecule has 3 rings (SSSR count). The lowest BCUT2D eigenvalue weighted by Gasteiger charge is -2.24. The zero-order chi connectivity index (χ0) is 20.9. The van der Waals surface area contributed by atoms with E-state index in [0.29, 0.717) is 0 Å². The number of hydrogen-bond acceptors (Lipinski definition) is 2. The maximum Gasteiger partial charge on any atom is 0.328 e. The first-order valence-electron chi connectivity index (χ1n) is 9.63. The van der Waals surface area contributed by atoms with Gasteiger partial charge in [-0.3, -0.25) is 4.99 Å². The van der Waals surface area contributed by atoms with Gasteiger partial charge in [-0.05, 0) is 29.3 Å². The third-order valence-electron chi connectivity index (χ3n) is 4.62. The summed E-state index contributed by atoms with van der Waals surface area (Å²) in [4.78, 5) is 16.2. The fourth-order valence-corrected chi connectivity index (χ4v) is 5.61. The van der Waals surface area contributed by atoms with Crippen LogP contribution in [0.1, 0.15) is 26.3 Å². The van der Waals surface area contributed by atoms with Gasteiger partial charge in [0.2, 0.25) is 0 Å². The quantitative estimate of drug-likeness (QED) is 0.491. The van der Waals surface area contributed by atoms with E-state index in [1.54, 1.807) is 6.21 Å². The van der Waals surface area contributed by atoms with Crippen LogP contribution >= 0.6 is 7.92 Å². The number of carboxylic acids is 1. The van der Waals surface area contributed by atoms with Gasteiger partial charge in [-0.2, -0.15) is 0 Å². The second-order valence-electron chi connectivity index (χ2n) is 7.95. The Bertz CT molecular complexity index is 939. The molecule has 0 spiro atoms. The van der Waals surface area contributed by atoms with Crippen LogP contribution in [0.2, 0.25) is 0 Å². The molecule has 3 aromatic rings. The van der Waals surface area contributed by atoms with Gasteiger partial charge in [-0.25, -0.2) is 4.79 Å². The molecule has 148 valence electrons. The highest BCUT2D eigenvalue weighted by molar-refractivity contribution is 7.80. The molecule has 3 nitrogen and oxygen atoms in total. The van der Waals surface area contributed by atoms with Crippen LogP contribution in [-0.4, -0.2) is 23.3 Å². The minimum atomic E-state index is -0.903. The van der Waals surface area contributed by atoms with E-state index >= 15 is 0 Å². The molecule has 0 bridgehead atoms. The smallest absolute Gasteiger partial charge is 0.328 e. The summed E-state index contributed by atoms with van der Waals surface area (Å²) in [5, 5.41) is 13.3. The van der Waals surface area contributed by atoms with Crippen LogP contribution in [0, 0.1) is 5.41 Å². The molecule has 29 heavy (non-hydrogen) atoms. The fourth-order valence-electron chi connectivity index (χ4n) is 3.19. The molecule has 3 aromatic carbocycles. The monoisotopic (exact) mass is 403 g/mol. The summed E-state index contributed by atoms with van der Waals surface area (Å²) < 4.78 is 0. The van der Waals surface area contributed by atoms with Crippen LogP contribution in [0.3, 0.4) is 0 Å². The second-order valence-corrected chi connectivity index (χ2v) is 10.1. The zero-order valence-electron chi connectivity index (χ0n) is 17.0. The predicted molar refractivity (Wildman–Crippen MR) is 124 cm³/mol. The van der Waals surface area contributed by atoms with E-state index in [9.17, 15) is 9.90 Å². The van der Waals surface area contributed by atoms with Gasteiger partial charge in [-0.1, -0.05) is 106 Å². The van der Waals surface area contributed by atoms with E-state index < -0.39 is 25.3 Å². The minimum absolute atomic E-state index is 0.457. The number of carboxylic acid groups (broad SMARTS) is 1. The van der Waals surface area contributed by atoms with Crippen molar-refractivity contribution in [1.29, 1.82) is 0 Å². The normalized spacial score (nSPS) is 13.0. The first-order chi connectivity index (χ1) is 13.9. The van der Waals surface area contributed by atoms with Crippen molar-refractivity contribution in [2.45, 2.75) is 26.8 Å². The van der Waals surface area contributed by atoms with Crippen LogP contribution in [-0.2, 0) is 4.79 Å². The molecule has 0 fully saturated rings. The van der Waals surface area contributed by atoms with Crippen LogP contribution in [0.25, 0.3) is 0 Å². The maximum atomic E-state index is 11.7. The van der Waals surface area contributed by atoms with Gasteiger partial charge < -0.3 is 5.11 Å². The van der Waals surface area contributed by atoms with Crippen molar-refractivity contribution in [2.75, 3.05) is 0 Å². The molecule has 0 aliphatic rings. The van der Waals surface area contributed by atoms with E-state index in [2.05, 4.69) is 59.6 Å². The molecule has 0 heterocycles. The number of nitrogens with zero attached hydrogens (tertiary/aromatic N) is 1. The Morgan fingerprint density at radius 1 is 0.862 bits per heavy atom. The van der Waals surface area contributed by atoms with Gasteiger partial charge in [-0.15, -0.1) is 0 Å². The standard InChI is InChI=1S/C25H26NO2P/c1-25(2,3)23(24(27)28)26-18-19-12-10-11-17-22(19)29(20-13-6-4-7-14-20)21-15-8-5-9-16-21/h4-18,23H,1-3H3,(H,27,28)/t23-/m1/s1. The molecule has 0 saturated carbocycles. The van der Waals surface area contributed by atoms with Crippen molar-refractivity contribution in [3.63, 3.8) is 0 Å². The average molecular weight is 403 g/mol. The summed E-state index contributed by atoms with van der Waals surface area (Å²) in [5.41, 5.74) is 0.503. The molecule has 4 heteroatoms. The zero-order valence-corrected chi connectivity index (χ0v) is 17.9. The van der Waals surface area contributed by atoms with Gasteiger partial charge >= 0.3 is 5.97 Å². The van der Waals surface area contributed by atoms with Crippen LogP contribution in [0.15, 0.2) is 89.9 Å². The van der Waals surface area contributed by atoms with E-state index in [-0.39, 0.29) is 0 Å². The minimum Gasteiger partial charge on any atom is -0.480 e. The summed E-state index contributed by atoms with van der Waals surface area (Å²) in [7, 11) is -0.780. The lowest BCUT2D eigenvalue weighted by molar-refractivity contribution is -0.140. The Hall–Kier alpha value is -2.77. The second kappa shape index (κ2) is 9.15. The van der Waals surface area contributed by atoms with Crippen molar-refractivity contribution in [3.05, 3.63) is 90.5 Å². The van der Waals surface area contributed by atoms with Gasteiger partial charge in [0.25, 0.3) is 0 Å². The van der Waals surface area contributed by atoms with Crippen LogP contribution in [0.5, 0.6) is 0 Å². The van der Waals surface area contributed by atoms with Gasteiger partial charge in [0, 0.05) is 11.8 Å². The van der Waals surface area contributed by atoms with E-state index in [1.807, 2.05) is 51.1 Å². The van der Waals surface area contributed by atoms with E-state index in [4.69, 9.17) is 0 Å². The van der Waals surface area contributed by atoms with E-state index in [1.165, 1.54) is 15.9 Å². The number of benzene rings is 3. The lowest BCUT2D eigenvalue weighted by atomic mass is 9.87. The van der Waals surface area contributed by atoms with Crippen molar-refractivity contribution in [1.82, 2.24) is 0 Å². The Labute approximate surface area is 173 Å². The molecule has 0 aliphatic heterocycles. The molecule has 0 aliphatic carbocycles. The highest BCUT2D eigenvalue weighted by Crippen LogP contribution is 2.33. The van der Waals surface area contributed by atoms with Crippen LogP contribution < -0.4 is 15.9 Å². The first-order valence-corrected chi connectivity index (χ1v) is 11.0. The molecule has 1 atom stereocenters. The Morgan fingerprint density at radius 2 is 1.34 bits per heavy atom.